The summed E-state index contributed by atoms with van der Waals surface area (Å²) >= 11 is 0. The van der Waals surface area contributed by atoms with Crippen LogP contribution in [0.3, 0.4) is 0 Å². The van der Waals surface area contributed by atoms with Gasteiger partial charge in [-0.3, -0.25) is 0 Å². The molecule has 0 radical (unpaired) electrons. The summed E-state index contributed by atoms with van der Waals surface area (Å²) in [7, 11) is 4.00. The molecule has 0 unspecified atom stereocenters. The Kier molecular flexibility index (Phi) is 4.78. The average molecular weight is 290 g/mol. The van der Waals surface area contributed by atoms with Crippen LogP contribution in [0.15, 0.2) is 42.5 Å². The molecule has 0 amide bonds. The number of halogens is 2. The Morgan fingerprint density at radius 1 is 1.10 bits per heavy atom. The van der Waals surface area contributed by atoms with Crippen LogP contribution in [0.25, 0.3) is 0 Å². The first-order chi connectivity index (χ1) is 9.97. The van der Waals surface area contributed by atoms with Crippen LogP contribution < -0.4 is 10.2 Å². The predicted octanol–water partition coefficient (Wildman–Crippen LogP) is 4.61. The van der Waals surface area contributed by atoms with Crippen molar-refractivity contribution in [1.82, 2.24) is 0 Å². The van der Waals surface area contributed by atoms with Crippen LogP contribution in [0.5, 0.6) is 0 Å². The van der Waals surface area contributed by atoms with Crippen LogP contribution in [0.4, 0.5) is 20.2 Å². The number of hydrogen-bond acceptors (Lipinski definition) is 2. The van der Waals surface area contributed by atoms with Crippen molar-refractivity contribution in [3.8, 4) is 0 Å². The fourth-order valence-corrected chi connectivity index (χ4v) is 2.24. The minimum absolute atomic E-state index is 0.0622. The molecule has 0 heterocycles. The number of anilines is 2. The van der Waals surface area contributed by atoms with Crippen LogP contribution in [-0.2, 0) is 6.54 Å². The van der Waals surface area contributed by atoms with Crippen LogP contribution in [0, 0.1) is 6.92 Å². The van der Waals surface area contributed by atoms with Gasteiger partial charge in [0.15, 0.2) is 0 Å². The van der Waals surface area contributed by atoms with Gasteiger partial charge in [0.2, 0.25) is 0 Å². The first kappa shape index (κ1) is 15.3. The van der Waals surface area contributed by atoms with Crippen molar-refractivity contribution in [3.05, 3.63) is 59.2 Å². The molecule has 0 aliphatic heterocycles. The Morgan fingerprint density at radius 2 is 1.86 bits per heavy atom. The Bertz CT molecular complexity index is 609. The predicted molar refractivity (Wildman–Crippen MR) is 84.2 cm³/mol. The highest BCUT2D eigenvalue weighted by atomic mass is 19.3. The molecule has 4 heteroatoms. The Hall–Kier alpha value is -2.10. The van der Waals surface area contributed by atoms with Crippen LogP contribution >= 0.6 is 0 Å². The van der Waals surface area contributed by atoms with Gasteiger partial charge in [-0.2, -0.15) is 0 Å². The molecule has 0 aromatic heterocycles. The summed E-state index contributed by atoms with van der Waals surface area (Å²) in [6.45, 7) is 2.59. The number of hydrogen-bond donors (Lipinski definition) is 1. The lowest BCUT2D eigenvalue weighted by Gasteiger charge is -2.17. The van der Waals surface area contributed by atoms with Crippen molar-refractivity contribution < 1.29 is 8.78 Å². The van der Waals surface area contributed by atoms with Gasteiger partial charge < -0.3 is 10.2 Å². The SMILES string of the molecule is Cc1ccc(NCc2cccc(C(F)F)c2)cc1N(C)C. The van der Waals surface area contributed by atoms with Gasteiger partial charge >= 0.3 is 0 Å². The molecular formula is C17H20F2N2. The van der Waals surface area contributed by atoms with Crippen molar-refractivity contribution >= 4 is 11.4 Å². The Labute approximate surface area is 124 Å². The van der Waals surface area contributed by atoms with Crippen molar-refractivity contribution in [2.24, 2.45) is 0 Å². The van der Waals surface area contributed by atoms with E-state index in [-0.39, 0.29) is 5.56 Å². The van der Waals surface area contributed by atoms with E-state index in [1.54, 1.807) is 12.1 Å². The van der Waals surface area contributed by atoms with E-state index < -0.39 is 6.43 Å². The topological polar surface area (TPSA) is 15.3 Å². The highest BCUT2D eigenvalue weighted by Gasteiger charge is 2.07. The van der Waals surface area contributed by atoms with Gasteiger partial charge in [-0.05, 0) is 36.2 Å². The number of nitrogens with zero attached hydrogens (tertiary/aromatic N) is 1. The van der Waals surface area contributed by atoms with Gasteiger partial charge in [-0.1, -0.05) is 24.3 Å². The summed E-state index contributed by atoms with van der Waals surface area (Å²) in [5.41, 5.74) is 4.23. The summed E-state index contributed by atoms with van der Waals surface area (Å²) in [5, 5.41) is 3.28. The molecule has 21 heavy (non-hydrogen) atoms. The maximum Gasteiger partial charge on any atom is 0.263 e. The second-order valence-electron chi connectivity index (χ2n) is 5.29. The summed E-state index contributed by atoms with van der Waals surface area (Å²) < 4.78 is 25.3. The van der Waals surface area contributed by atoms with Crippen molar-refractivity contribution in [3.63, 3.8) is 0 Å². The van der Waals surface area contributed by atoms with Crippen molar-refractivity contribution in [2.75, 3.05) is 24.3 Å². The fourth-order valence-electron chi connectivity index (χ4n) is 2.24. The quantitative estimate of drug-likeness (QED) is 0.865. The minimum atomic E-state index is -2.43. The molecule has 0 aliphatic carbocycles. The van der Waals surface area contributed by atoms with E-state index in [9.17, 15) is 8.78 Å². The zero-order chi connectivity index (χ0) is 15.4. The fraction of sp³-hybridized carbons (Fsp3) is 0.294. The number of benzene rings is 2. The van der Waals surface area contributed by atoms with Gasteiger partial charge in [0.1, 0.15) is 0 Å². The molecular weight excluding hydrogens is 270 g/mol. The third-order valence-corrected chi connectivity index (χ3v) is 3.39. The molecule has 2 aromatic rings. The molecule has 2 rings (SSSR count). The largest absolute Gasteiger partial charge is 0.381 e. The smallest absolute Gasteiger partial charge is 0.263 e. The summed E-state index contributed by atoms with van der Waals surface area (Å²) in [6, 6.07) is 12.6. The highest BCUT2D eigenvalue weighted by Crippen LogP contribution is 2.24. The molecule has 0 saturated heterocycles. The van der Waals surface area contributed by atoms with Crippen molar-refractivity contribution in [2.45, 2.75) is 19.9 Å². The Balaban J connectivity index is 2.09. The molecule has 0 aliphatic rings. The maximum atomic E-state index is 12.7. The van der Waals surface area contributed by atoms with Crippen LogP contribution in [0.1, 0.15) is 23.1 Å². The lowest BCUT2D eigenvalue weighted by molar-refractivity contribution is 0.151. The second-order valence-corrected chi connectivity index (χ2v) is 5.29. The molecule has 2 aromatic carbocycles. The van der Waals surface area contributed by atoms with Gasteiger partial charge in [-0.15, -0.1) is 0 Å². The van der Waals surface area contributed by atoms with Gasteiger partial charge in [0.25, 0.3) is 6.43 Å². The normalized spacial score (nSPS) is 10.8. The summed E-state index contributed by atoms with van der Waals surface area (Å²) in [6.07, 6.45) is -2.43. The third kappa shape index (κ3) is 3.94. The lowest BCUT2D eigenvalue weighted by atomic mass is 10.1. The van der Waals surface area contributed by atoms with Crippen LogP contribution in [0.2, 0.25) is 0 Å². The molecule has 112 valence electrons. The molecule has 1 N–H and O–H groups in total. The van der Waals surface area contributed by atoms with Gasteiger partial charge in [0, 0.05) is 37.6 Å². The van der Waals surface area contributed by atoms with Gasteiger partial charge in [-0.25, -0.2) is 8.78 Å². The maximum absolute atomic E-state index is 12.7. The van der Waals surface area contributed by atoms with E-state index in [1.807, 2.05) is 32.3 Å². The molecule has 2 nitrogen and oxygen atoms in total. The van der Waals surface area contributed by atoms with Gasteiger partial charge in [0.05, 0.1) is 0 Å². The molecule has 0 saturated carbocycles. The number of nitrogens with one attached hydrogen (secondary N) is 1. The van der Waals surface area contributed by atoms with E-state index in [4.69, 9.17) is 0 Å². The number of alkyl halides is 2. The third-order valence-electron chi connectivity index (χ3n) is 3.39. The molecule has 0 fully saturated rings. The van der Waals surface area contributed by atoms with E-state index in [2.05, 4.69) is 23.2 Å². The van der Waals surface area contributed by atoms with E-state index >= 15 is 0 Å². The standard InChI is InChI=1S/C17H20F2N2/c1-12-7-8-15(10-16(12)21(2)3)20-11-13-5-4-6-14(9-13)17(18)19/h4-10,17,20H,11H2,1-3H3. The lowest BCUT2D eigenvalue weighted by Crippen LogP contribution is -2.11. The van der Waals surface area contributed by atoms with Crippen LogP contribution in [-0.4, -0.2) is 14.1 Å². The highest BCUT2D eigenvalue weighted by molar-refractivity contribution is 5.61. The number of aryl methyl sites for hydroxylation is 1. The zero-order valence-electron chi connectivity index (χ0n) is 12.5. The first-order valence-corrected chi connectivity index (χ1v) is 6.86. The van der Waals surface area contributed by atoms with Crippen molar-refractivity contribution in [1.29, 1.82) is 0 Å². The first-order valence-electron chi connectivity index (χ1n) is 6.86. The van der Waals surface area contributed by atoms with E-state index in [0.29, 0.717) is 6.54 Å². The van der Waals surface area contributed by atoms with E-state index in [0.717, 1.165) is 16.9 Å². The molecule has 0 spiro atoms. The minimum Gasteiger partial charge on any atom is -0.381 e. The Morgan fingerprint density at radius 3 is 2.52 bits per heavy atom. The van der Waals surface area contributed by atoms with E-state index in [1.165, 1.54) is 11.6 Å². The second kappa shape index (κ2) is 6.57. The average Bonchev–Trinajstić information content (AvgIpc) is 2.46. The molecule has 0 atom stereocenters. The summed E-state index contributed by atoms with van der Waals surface area (Å²) in [5.74, 6) is 0. The zero-order valence-corrected chi connectivity index (χ0v) is 12.5. The summed E-state index contributed by atoms with van der Waals surface area (Å²) in [4.78, 5) is 2.05. The number of rotatable bonds is 5. The monoisotopic (exact) mass is 290 g/mol. The molecule has 0 bridgehead atoms.